The summed E-state index contributed by atoms with van der Waals surface area (Å²) < 4.78 is 5.81. The number of para-hydroxylation sites is 2. The Morgan fingerprint density at radius 3 is 2.94 bits per heavy atom. The molecule has 10 heteroatoms. The Balaban J connectivity index is 1.35. The van der Waals surface area contributed by atoms with E-state index in [1.165, 1.54) is 23.1 Å². The molecule has 3 unspecified atom stereocenters. The van der Waals surface area contributed by atoms with Gasteiger partial charge in [-0.25, -0.2) is 14.8 Å². The molecule has 0 spiro atoms. The Hall–Kier alpha value is -2.75. The zero-order valence-electron chi connectivity index (χ0n) is 17.7. The molecule has 3 aliphatic rings. The number of likely N-dealkylation sites (N-methyl/N-ethyl adjacent to an activating group) is 1. The van der Waals surface area contributed by atoms with Gasteiger partial charge in [0.05, 0.1) is 0 Å². The fourth-order valence-electron chi connectivity index (χ4n) is 4.53. The number of imide groups is 1. The number of piperidine rings is 1. The number of hydrogen-bond donors (Lipinski definition) is 1. The van der Waals surface area contributed by atoms with Crippen LogP contribution in [0.1, 0.15) is 19.8 Å². The lowest BCUT2D eigenvalue weighted by atomic mass is 10.0. The average molecular weight is 443 g/mol. The number of aliphatic imine (C=N–C) groups is 1. The average Bonchev–Trinajstić information content (AvgIpc) is 3.34. The number of thioether (sulfide) groups is 1. The second-order valence-corrected chi connectivity index (χ2v) is 9.42. The molecule has 2 aromatic rings. The second-order valence-electron chi connectivity index (χ2n) is 8.38. The number of carbonyl (C=O) groups is 2. The summed E-state index contributed by atoms with van der Waals surface area (Å²) in [5, 5.41) is 3.08. The van der Waals surface area contributed by atoms with E-state index in [2.05, 4.69) is 27.0 Å². The summed E-state index contributed by atoms with van der Waals surface area (Å²) in [4.78, 5) is 40.1. The molecule has 31 heavy (non-hydrogen) atoms. The number of carbonyl (C=O) groups excluding carboxylic acids is 2. The van der Waals surface area contributed by atoms with E-state index in [9.17, 15) is 9.59 Å². The van der Waals surface area contributed by atoms with Gasteiger partial charge in [-0.05, 0) is 30.9 Å². The fourth-order valence-corrected chi connectivity index (χ4v) is 5.30. The van der Waals surface area contributed by atoms with E-state index in [1.54, 1.807) is 7.05 Å². The van der Waals surface area contributed by atoms with Gasteiger partial charge in [0.15, 0.2) is 23.8 Å². The van der Waals surface area contributed by atoms with Crippen molar-refractivity contribution in [3.63, 3.8) is 0 Å². The summed E-state index contributed by atoms with van der Waals surface area (Å²) in [7, 11) is 1.69. The molecule has 1 aromatic heterocycles. The van der Waals surface area contributed by atoms with E-state index >= 15 is 0 Å². The Morgan fingerprint density at radius 1 is 1.29 bits per heavy atom. The van der Waals surface area contributed by atoms with Crippen LogP contribution in [0.5, 0.6) is 0 Å². The molecule has 9 nitrogen and oxygen atoms in total. The Bertz CT molecular complexity index is 1010. The molecule has 1 aromatic carbocycles. The molecule has 5 rings (SSSR count). The van der Waals surface area contributed by atoms with Crippen molar-refractivity contribution in [2.75, 3.05) is 32.4 Å². The van der Waals surface area contributed by atoms with E-state index in [4.69, 9.17) is 9.41 Å². The number of likely N-dealkylation sites (tertiary alicyclic amines) is 1. The molecule has 4 heterocycles. The van der Waals surface area contributed by atoms with Crippen molar-refractivity contribution in [1.29, 1.82) is 0 Å². The molecule has 0 aliphatic carbocycles. The summed E-state index contributed by atoms with van der Waals surface area (Å²) in [6.45, 7) is 4.66. The topological polar surface area (TPSA) is 94.3 Å². The predicted octanol–water partition coefficient (Wildman–Crippen LogP) is 2.20. The first-order chi connectivity index (χ1) is 15.0. The van der Waals surface area contributed by atoms with Crippen LogP contribution in [0.2, 0.25) is 0 Å². The largest absolute Gasteiger partial charge is 0.431 e. The highest BCUT2D eigenvalue weighted by Crippen LogP contribution is 2.29. The Kier molecular flexibility index (Phi) is 5.25. The quantitative estimate of drug-likeness (QED) is 0.726. The number of guanidine groups is 1. The van der Waals surface area contributed by atoms with Gasteiger partial charge in [-0.15, -0.1) is 0 Å². The second kappa shape index (κ2) is 8.07. The minimum absolute atomic E-state index is 0.288. The van der Waals surface area contributed by atoms with Crippen molar-refractivity contribution in [3.05, 3.63) is 24.3 Å². The summed E-state index contributed by atoms with van der Waals surface area (Å²) >= 11 is 1.52. The van der Waals surface area contributed by atoms with Crippen LogP contribution in [0, 0.1) is 5.92 Å². The summed E-state index contributed by atoms with van der Waals surface area (Å²) in [6.07, 6.45) is 1.80. The fraction of sp³-hybridized carbons (Fsp3) is 0.524. The van der Waals surface area contributed by atoms with Gasteiger partial charge in [-0.1, -0.05) is 30.8 Å². The van der Waals surface area contributed by atoms with Crippen LogP contribution < -0.4 is 5.32 Å². The van der Waals surface area contributed by atoms with Gasteiger partial charge < -0.3 is 19.1 Å². The first-order valence-electron chi connectivity index (χ1n) is 10.7. The van der Waals surface area contributed by atoms with Crippen LogP contribution in [-0.2, 0) is 4.79 Å². The molecule has 0 bridgehead atoms. The lowest BCUT2D eigenvalue weighted by Crippen LogP contribution is -2.64. The number of oxazole rings is 1. The molecule has 3 amide bonds. The van der Waals surface area contributed by atoms with Gasteiger partial charge in [0, 0.05) is 32.4 Å². The highest BCUT2D eigenvalue weighted by molar-refractivity contribution is 7.99. The highest BCUT2D eigenvalue weighted by atomic mass is 32.2. The van der Waals surface area contributed by atoms with Crippen LogP contribution in [0.3, 0.4) is 0 Å². The van der Waals surface area contributed by atoms with E-state index < -0.39 is 18.2 Å². The van der Waals surface area contributed by atoms with E-state index in [0.29, 0.717) is 23.4 Å². The first-order valence-corrected chi connectivity index (χ1v) is 11.7. The van der Waals surface area contributed by atoms with Crippen LogP contribution in [0.4, 0.5) is 4.79 Å². The number of urea groups is 1. The Morgan fingerprint density at radius 2 is 2.13 bits per heavy atom. The molecule has 1 N–H and O–H groups in total. The number of amides is 3. The maximum Gasteiger partial charge on any atom is 0.325 e. The number of hydrogen-bond acceptors (Lipinski definition) is 8. The van der Waals surface area contributed by atoms with Crippen molar-refractivity contribution in [1.82, 2.24) is 25.0 Å². The highest BCUT2D eigenvalue weighted by Gasteiger charge is 2.49. The van der Waals surface area contributed by atoms with Crippen LogP contribution in [0.25, 0.3) is 11.1 Å². The minimum Gasteiger partial charge on any atom is -0.431 e. The molecule has 164 valence electrons. The van der Waals surface area contributed by atoms with Crippen LogP contribution in [-0.4, -0.2) is 82.2 Å². The monoisotopic (exact) mass is 442 g/mol. The lowest BCUT2D eigenvalue weighted by Gasteiger charge is -2.39. The third-order valence-electron chi connectivity index (χ3n) is 6.11. The third-order valence-corrected chi connectivity index (χ3v) is 6.92. The maximum atomic E-state index is 12.8. The van der Waals surface area contributed by atoms with Crippen molar-refractivity contribution in [3.8, 4) is 0 Å². The van der Waals surface area contributed by atoms with E-state index in [0.717, 1.165) is 36.6 Å². The lowest BCUT2D eigenvalue weighted by molar-refractivity contribution is -0.127. The normalized spacial score (nSPS) is 26.3. The van der Waals surface area contributed by atoms with Crippen LogP contribution in [0.15, 0.2) is 38.9 Å². The number of nitrogens with one attached hydrogen (secondary N) is 1. The summed E-state index contributed by atoms with van der Waals surface area (Å²) in [5.41, 5.74) is 1.60. The molecule has 3 atom stereocenters. The Labute approximate surface area is 184 Å². The number of rotatable bonds is 4. The van der Waals surface area contributed by atoms with Gasteiger partial charge in [0.2, 0.25) is 0 Å². The van der Waals surface area contributed by atoms with Crippen LogP contribution >= 0.6 is 11.8 Å². The predicted molar refractivity (Wildman–Crippen MR) is 118 cm³/mol. The molecular weight excluding hydrogens is 416 g/mol. The molecule has 3 aliphatic heterocycles. The van der Waals surface area contributed by atoms with Gasteiger partial charge in [-0.3, -0.25) is 10.1 Å². The number of benzene rings is 1. The first kappa shape index (κ1) is 20.2. The van der Waals surface area contributed by atoms with E-state index in [1.807, 2.05) is 24.3 Å². The molecule has 2 fully saturated rings. The molecule has 0 radical (unpaired) electrons. The van der Waals surface area contributed by atoms with E-state index in [-0.39, 0.29) is 5.91 Å². The molecular formula is C21H26N6O3S. The minimum atomic E-state index is -0.515. The number of fused-ring (bicyclic) bond motifs is 2. The number of nitrogens with zero attached hydrogens (tertiary/aromatic N) is 5. The van der Waals surface area contributed by atoms with Crippen molar-refractivity contribution >= 4 is 40.8 Å². The summed E-state index contributed by atoms with van der Waals surface area (Å²) in [5.74, 6) is 1.78. The maximum absolute atomic E-state index is 12.8. The molecule has 2 saturated heterocycles. The van der Waals surface area contributed by atoms with Gasteiger partial charge in [0.1, 0.15) is 5.52 Å². The smallest absolute Gasteiger partial charge is 0.325 e. The zero-order chi connectivity index (χ0) is 21.5. The zero-order valence-corrected chi connectivity index (χ0v) is 18.5. The molecule has 0 saturated carbocycles. The van der Waals surface area contributed by atoms with Crippen molar-refractivity contribution in [2.45, 2.75) is 37.2 Å². The van der Waals surface area contributed by atoms with Gasteiger partial charge in [-0.2, -0.15) is 0 Å². The SMILES string of the molecule is CC1CCCN(C2=NC3C(C(=O)NC(=O)N3C)N2CCSc2nc3ccccc3o2)C1. The van der Waals surface area contributed by atoms with Crippen molar-refractivity contribution < 1.29 is 14.0 Å². The summed E-state index contributed by atoms with van der Waals surface area (Å²) in [6, 6.07) is 6.77. The standard InChI is InChI=1S/C21H26N6O3S/c1-13-6-5-9-26(12-13)19-23-17-16(18(28)24-20(29)25(17)2)27(19)10-11-31-21-22-14-7-3-4-8-15(14)30-21/h3-4,7-8,13,16-17H,5-6,9-12H2,1-2H3,(H,24,28,29). The number of aromatic nitrogens is 1. The van der Waals surface area contributed by atoms with Crippen molar-refractivity contribution in [2.24, 2.45) is 10.9 Å². The van der Waals surface area contributed by atoms with Gasteiger partial charge in [0.25, 0.3) is 11.1 Å². The van der Waals surface area contributed by atoms with Gasteiger partial charge >= 0.3 is 6.03 Å². The third kappa shape index (κ3) is 3.73.